The van der Waals surface area contributed by atoms with Crippen molar-refractivity contribution in [2.75, 3.05) is 60.7 Å². The summed E-state index contributed by atoms with van der Waals surface area (Å²) in [7, 11) is 1.90. The number of ether oxygens (including phenoxy) is 2. The van der Waals surface area contributed by atoms with Gasteiger partial charge in [-0.05, 0) is 12.8 Å². The summed E-state index contributed by atoms with van der Waals surface area (Å²) in [6.07, 6.45) is 22.1. The van der Waals surface area contributed by atoms with Crippen LogP contribution in [0.2, 0.25) is 0 Å². The van der Waals surface area contributed by atoms with E-state index in [0.29, 0.717) is 30.8 Å². The normalized spacial score (nSPS) is 14.6. The first-order chi connectivity index (χ1) is 17.7. The molecule has 0 aromatic heterocycles. The highest BCUT2D eigenvalue weighted by Gasteiger charge is 2.25. The van der Waals surface area contributed by atoms with Gasteiger partial charge in [0.25, 0.3) is 0 Å². The topological polar surface area (TPSA) is 74.2 Å². The van der Waals surface area contributed by atoms with Crippen molar-refractivity contribution in [1.82, 2.24) is 0 Å². The molecule has 0 radical (unpaired) electrons. The molecule has 0 aromatic carbocycles. The molecule has 0 aliphatic carbocycles. The van der Waals surface area contributed by atoms with E-state index in [4.69, 9.17) is 18.5 Å². The first-order valence-electron chi connectivity index (χ1n) is 15.3. The van der Waals surface area contributed by atoms with Crippen LogP contribution >= 0.6 is 7.82 Å². The quantitative estimate of drug-likeness (QED) is 0.0578. The zero-order valence-corrected chi connectivity index (χ0v) is 26.1. The van der Waals surface area contributed by atoms with Gasteiger partial charge in [-0.15, -0.1) is 0 Å². The summed E-state index contributed by atoms with van der Waals surface area (Å²) in [6, 6.07) is 0. The highest BCUT2D eigenvalue weighted by molar-refractivity contribution is 7.47. The van der Waals surface area contributed by atoms with E-state index in [1.165, 1.54) is 96.3 Å². The molecule has 0 fully saturated rings. The van der Waals surface area contributed by atoms with Gasteiger partial charge in [0.05, 0.1) is 34.4 Å². The summed E-state index contributed by atoms with van der Waals surface area (Å²) < 4.78 is 34.5. The van der Waals surface area contributed by atoms with Crippen LogP contribution in [0.3, 0.4) is 0 Å². The molecule has 0 amide bonds. The van der Waals surface area contributed by atoms with Crippen LogP contribution in [-0.2, 0) is 23.1 Å². The molecule has 0 spiro atoms. The van der Waals surface area contributed by atoms with E-state index in [2.05, 4.69) is 6.92 Å². The van der Waals surface area contributed by atoms with Crippen LogP contribution in [0.25, 0.3) is 0 Å². The number of hydrogen-bond acceptors (Lipinski definition) is 5. The molecule has 0 saturated heterocycles. The van der Waals surface area contributed by atoms with Crippen LogP contribution in [-0.4, -0.2) is 76.2 Å². The summed E-state index contributed by atoms with van der Waals surface area (Å²) in [4.78, 5) is 9.92. The molecule has 0 rings (SSSR count). The largest absolute Gasteiger partial charge is 0.472 e. The molecular weight excluding hydrogens is 489 g/mol. The predicted octanol–water partition coefficient (Wildman–Crippen LogP) is 7.90. The first-order valence-corrected chi connectivity index (χ1v) is 16.8. The van der Waals surface area contributed by atoms with Crippen LogP contribution in [0.4, 0.5) is 0 Å². The fourth-order valence-corrected chi connectivity index (χ4v) is 4.78. The molecule has 1 N–H and O–H groups in total. The Morgan fingerprint density at radius 1 is 0.622 bits per heavy atom. The van der Waals surface area contributed by atoms with Crippen LogP contribution in [0, 0.1) is 0 Å². The molecule has 8 heteroatoms. The van der Waals surface area contributed by atoms with E-state index in [9.17, 15) is 9.46 Å². The average molecular weight is 553 g/mol. The highest BCUT2D eigenvalue weighted by atomic mass is 31.2. The molecular formula is C29H63NO6P+. The Labute approximate surface area is 230 Å². The van der Waals surface area contributed by atoms with Crippen molar-refractivity contribution in [1.29, 1.82) is 0 Å². The summed E-state index contributed by atoms with van der Waals surface area (Å²) in [6.45, 7) is 6.67. The minimum atomic E-state index is -4.09. The Kier molecular flexibility index (Phi) is 25.0. The van der Waals surface area contributed by atoms with Crippen LogP contribution in [0.5, 0.6) is 0 Å². The van der Waals surface area contributed by atoms with Gasteiger partial charge in [-0.2, -0.15) is 0 Å². The lowest BCUT2D eigenvalue weighted by molar-refractivity contribution is -0.870. The molecule has 0 aromatic rings. The fraction of sp³-hybridized carbons (Fsp3) is 1.00. The van der Waals surface area contributed by atoms with Gasteiger partial charge in [-0.25, -0.2) is 4.57 Å². The highest BCUT2D eigenvalue weighted by Crippen LogP contribution is 2.43. The maximum atomic E-state index is 12.1. The summed E-state index contributed by atoms with van der Waals surface area (Å²) in [5.41, 5.74) is 0. The fourth-order valence-electron chi connectivity index (χ4n) is 4.04. The number of nitrogens with zero attached hydrogens (tertiary/aromatic N) is 1. The van der Waals surface area contributed by atoms with Crippen molar-refractivity contribution < 1.29 is 32.5 Å². The predicted molar refractivity (Wildman–Crippen MR) is 155 cm³/mol. The molecule has 2 atom stereocenters. The SMILES string of the molecule is CCCCCCCCCCCCCCCCCCOCC(COP(=O)(O)OCC[N+](C)(C)C)OCCC. The second-order valence-electron chi connectivity index (χ2n) is 11.5. The van der Waals surface area contributed by atoms with E-state index in [1.54, 1.807) is 0 Å². The van der Waals surface area contributed by atoms with Gasteiger partial charge < -0.3 is 18.9 Å². The van der Waals surface area contributed by atoms with E-state index in [0.717, 1.165) is 12.8 Å². The number of hydrogen-bond donors (Lipinski definition) is 1. The first kappa shape index (κ1) is 37.0. The number of phosphoric ester groups is 1. The van der Waals surface area contributed by atoms with E-state index < -0.39 is 7.82 Å². The van der Waals surface area contributed by atoms with Gasteiger partial charge in [-0.3, -0.25) is 9.05 Å². The maximum Gasteiger partial charge on any atom is 0.472 e. The molecule has 0 bridgehead atoms. The van der Waals surface area contributed by atoms with E-state index >= 15 is 0 Å². The third kappa shape index (κ3) is 28.8. The number of likely N-dealkylation sites (N-methyl/N-ethyl adjacent to an activating group) is 1. The zero-order chi connectivity index (χ0) is 27.7. The smallest absolute Gasteiger partial charge is 0.379 e. The Hall–Kier alpha value is -0.0100. The lowest BCUT2D eigenvalue weighted by Gasteiger charge is -2.24. The van der Waals surface area contributed by atoms with Crippen LogP contribution in [0.1, 0.15) is 123 Å². The Balaban J connectivity index is 3.68. The molecule has 0 saturated carbocycles. The van der Waals surface area contributed by atoms with Gasteiger partial charge in [0, 0.05) is 13.2 Å². The van der Waals surface area contributed by atoms with Gasteiger partial charge in [0.15, 0.2) is 0 Å². The van der Waals surface area contributed by atoms with Crippen molar-refractivity contribution in [3.05, 3.63) is 0 Å². The second kappa shape index (κ2) is 25.0. The number of quaternary nitrogens is 1. The Bertz CT molecular complexity index is 529. The number of phosphoric acid groups is 1. The van der Waals surface area contributed by atoms with Gasteiger partial charge >= 0.3 is 7.82 Å². The third-order valence-corrected chi connectivity index (χ3v) is 7.43. The second-order valence-corrected chi connectivity index (χ2v) is 12.9. The van der Waals surface area contributed by atoms with E-state index in [1.807, 2.05) is 28.1 Å². The maximum absolute atomic E-state index is 12.1. The van der Waals surface area contributed by atoms with Crippen molar-refractivity contribution in [2.45, 2.75) is 129 Å². The Morgan fingerprint density at radius 3 is 1.57 bits per heavy atom. The van der Waals surface area contributed by atoms with Crippen molar-refractivity contribution in [3.8, 4) is 0 Å². The van der Waals surface area contributed by atoms with Crippen molar-refractivity contribution >= 4 is 7.82 Å². The molecule has 224 valence electrons. The molecule has 7 nitrogen and oxygen atoms in total. The van der Waals surface area contributed by atoms with Crippen LogP contribution in [0.15, 0.2) is 0 Å². The Morgan fingerprint density at radius 2 is 1.11 bits per heavy atom. The van der Waals surface area contributed by atoms with Gasteiger partial charge in [0.1, 0.15) is 19.3 Å². The van der Waals surface area contributed by atoms with Crippen molar-refractivity contribution in [3.63, 3.8) is 0 Å². The average Bonchev–Trinajstić information content (AvgIpc) is 2.83. The van der Waals surface area contributed by atoms with Crippen LogP contribution < -0.4 is 0 Å². The standard InChI is InChI=1S/C29H62NO6P/c1-6-8-9-10-11-12-13-14-15-16-17-18-19-20-21-22-25-33-27-29(34-24-7-2)28-36-37(31,32)35-26-23-30(3,4)5/h29H,6-28H2,1-5H3/p+1. The molecule has 0 aliphatic rings. The third-order valence-electron chi connectivity index (χ3n) is 6.44. The molecule has 37 heavy (non-hydrogen) atoms. The van der Waals surface area contributed by atoms with Gasteiger partial charge in [-0.1, -0.05) is 110 Å². The summed E-state index contributed by atoms with van der Waals surface area (Å²) in [5, 5.41) is 0. The lowest BCUT2D eigenvalue weighted by atomic mass is 10.0. The zero-order valence-electron chi connectivity index (χ0n) is 25.2. The van der Waals surface area contributed by atoms with Gasteiger partial charge in [0.2, 0.25) is 0 Å². The number of unbranched alkanes of at least 4 members (excludes halogenated alkanes) is 15. The summed E-state index contributed by atoms with van der Waals surface area (Å²) >= 11 is 0. The molecule has 0 heterocycles. The van der Waals surface area contributed by atoms with E-state index in [-0.39, 0.29) is 19.3 Å². The minimum Gasteiger partial charge on any atom is -0.379 e. The monoisotopic (exact) mass is 552 g/mol. The lowest BCUT2D eigenvalue weighted by Crippen LogP contribution is -2.37. The summed E-state index contributed by atoms with van der Waals surface area (Å²) in [5.74, 6) is 0. The number of rotatable bonds is 29. The molecule has 2 unspecified atom stereocenters. The minimum absolute atomic E-state index is 0.0168. The molecule has 0 aliphatic heterocycles. The van der Waals surface area contributed by atoms with Crippen molar-refractivity contribution in [2.24, 2.45) is 0 Å².